The van der Waals surface area contributed by atoms with Crippen molar-refractivity contribution in [1.29, 1.82) is 0 Å². The number of likely N-dealkylation sites (tertiary alicyclic amines) is 1. The molecule has 0 spiro atoms. The second kappa shape index (κ2) is 10.1. The Labute approximate surface area is 183 Å². The van der Waals surface area contributed by atoms with Crippen LogP contribution in [-0.4, -0.2) is 52.7 Å². The molecule has 1 aromatic carbocycles. The Morgan fingerprint density at radius 1 is 1.13 bits per heavy atom. The molecule has 8 heteroatoms. The zero-order chi connectivity index (χ0) is 20.2. The molecule has 2 aliphatic heterocycles. The van der Waals surface area contributed by atoms with Gasteiger partial charge in [0.25, 0.3) is 11.8 Å². The number of hydrogen-bond acceptors (Lipinski definition) is 4. The Kier molecular flexibility index (Phi) is 7.50. The minimum Gasteiger partial charge on any atom is -0.339 e. The van der Waals surface area contributed by atoms with Crippen molar-refractivity contribution < 1.29 is 9.59 Å². The first-order chi connectivity index (χ1) is 14.1. The molecule has 162 valence electrons. The first-order valence-electron chi connectivity index (χ1n) is 10.6. The van der Waals surface area contributed by atoms with Crippen LogP contribution in [-0.2, 0) is 0 Å². The number of piperidine rings is 2. The van der Waals surface area contributed by atoms with Crippen LogP contribution in [0.1, 0.15) is 59.5 Å². The van der Waals surface area contributed by atoms with Crippen molar-refractivity contribution in [2.45, 2.75) is 38.6 Å². The monoisotopic (exact) mass is 431 g/mol. The number of nitrogens with zero attached hydrogens (tertiary/aromatic N) is 3. The summed E-state index contributed by atoms with van der Waals surface area (Å²) in [7, 11) is 0. The molecule has 7 nitrogen and oxygen atoms in total. The van der Waals surface area contributed by atoms with Gasteiger partial charge < -0.3 is 15.5 Å². The van der Waals surface area contributed by atoms with Gasteiger partial charge in [-0.2, -0.15) is 5.10 Å². The van der Waals surface area contributed by atoms with E-state index in [-0.39, 0.29) is 30.3 Å². The summed E-state index contributed by atoms with van der Waals surface area (Å²) in [6.45, 7) is 5.66. The van der Waals surface area contributed by atoms with E-state index in [0.717, 1.165) is 51.9 Å². The maximum Gasteiger partial charge on any atom is 0.276 e. The maximum atomic E-state index is 13.0. The third kappa shape index (κ3) is 5.02. The van der Waals surface area contributed by atoms with Gasteiger partial charge in [-0.1, -0.05) is 19.1 Å². The molecule has 0 saturated carbocycles. The number of anilines is 1. The lowest BCUT2D eigenvalue weighted by atomic mass is 9.98. The van der Waals surface area contributed by atoms with Gasteiger partial charge in [0.05, 0.1) is 17.3 Å². The molecule has 2 fully saturated rings. The molecule has 1 unspecified atom stereocenters. The summed E-state index contributed by atoms with van der Waals surface area (Å²) >= 11 is 0. The van der Waals surface area contributed by atoms with E-state index in [1.54, 1.807) is 18.2 Å². The predicted molar refractivity (Wildman–Crippen MR) is 119 cm³/mol. The minimum absolute atomic E-state index is 0. The molecule has 4 rings (SSSR count). The number of halogens is 1. The fraction of sp³-hybridized carbons (Fsp3) is 0.500. The van der Waals surface area contributed by atoms with Crippen LogP contribution in [0, 0.1) is 5.92 Å². The van der Waals surface area contributed by atoms with Crippen molar-refractivity contribution in [3.8, 4) is 0 Å². The number of rotatable bonds is 4. The van der Waals surface area contributed by atoms with E-state index in [9.17, 15) is 9.59 Å². The van der Waals surface area contributed by atoms with E-state index in [1.165, 1.54) is 0 Å². The normalized spacial score (nSPS) is 19.8. The fourth-order valence-electron chi connectivity index (χ4n) is 4.07. The number of nitrogens with one attached hydrogen (secondary N) is 2. The highest BCUT2D eigenvalue weighted by atomic mass is 35.5. The molecule has 2 aliphatic rings. The lowest BCUT2D eigenvalue weighted by molar-refractivity contribution is 0.0698. The molecular weight excluding hydrogens is 402 g/mol. The van der Waals surface area contributed by atoms with Gasteiger partial charge in [-0.05, 0) is 56.3 Å². The molecule has 2 aromatic rings. The van der Waals surface area contributed by atoms with Crippen molar-refractivity contribution in [1.82, 2.24) is 20.0 Å². The number of carbonyl (C=O) groups is 2. The first-order valence-corrected chi connectivity index (χ1v) is 10.6. The van der Waals surface area contributed by atoms with Crippen LogP contribution in [0.2, 0.25) is 0 Å². The fourth-order valence-corrected chi connectivity index (χ4v) is 4.07. The summed E-state index contributed by atoms with van der Waals surface area (Å²) in [6.07, 6.45) is 6.07. The summed E-state index contributed by atoms with van der Waals surface area (Å²) in [5.41, 5.74) is 1.44. The Morgan fingerprint density at radius 3 is 2.63 bits per heavy atom. The summed E-state index contributed by atoms with van der Waals surface area (Å²) < 4.78 is 1.87. The zero-order valence-electron chi connectivity index (χ0n) is 17.3. The van der Waals surface area contributed by atoms with Gasteiger partial charge >= 0.3 is 0 Å². The summed E-state index contributed by atoms with van der Waals surface area (Å²) in [5, 5.41) is 10.7. The molecule has 2 saturated heterocycles. The van der Waals surface area contributed by atoms with Crippen molar-refractivity contribution in [3.05, 3.63) is 47.8 Å². The number of benzene rings is 1. The SMILES string of the molecule is CC1CCN(C(=O)c2ccccc2NC(=O)c2ccn(C3CCCNC3)n2)CC1.Cl. The van der Waals surface area contributed by atoms with Crippen molar-refractivity contribution in [2.75, 3.05) is 31.5 Å². The smallest absolute Gasteiger partial charge is 0.276 e. The van der Waals surface area contributed by atoms with Crippen molar-refractivity contribution >= 4 is 29.9 Å². The average molecular weight is 432 g/mol. The van der Waals surface area contributed by atoms with E-state index in [2.05, 4.69) is 22.7 Å². The standard InChI is InChI=1S/C22H29N5O2.ClH/c1-16-8-12-26(13-9-16)22(29)18-6-2-3-7-19(18)24-21(28)20-10-14-27(25-20)17-5-4-11-23-15-17;/h2-3,6-7,10,14,16-17,23H,4-5,8-9,11-13,15H2,1H3,(H,24,28);1H. The number of carbonyl (C=O) groups excluding carboxylic acids is 2. The van der Waals surface area contributed by atoms with Gasteiger partial charge in [0, 0.05) is 25.8 Å². The second-order valence-corrected chi connectivity index (χ2v) is 8.16. The summed E-state index contributed by atoms with van der Waals surface area (Å²) in [5.74, 6) is 0.343. The molecular formula is C22H30ClN5O2. The van der Waals surface area contributed by atoms with Crippen LogP contribution in [0.3, 0.4) is 0 Å². The van der Waals surface area contributed by atoms with Gasteiger partial charge in [-0.15, -0.1) is 12.4 Å². The predicted octanol–water partition coefficient (Wildman–Crippen LogP) is 3.35. The van der Waals surface area contributed by atoms with Crippen LogP contribution in [0.4, 0.5) is 5.69 Å². The molecule has 0 bridgehead atoms. The Balaban J connectivity index is 0.00000256. The van der Waals surface area contributed by atoms with Crippen LogP contribution < -0.4 is 10.6 Å². The van der Waals surface area contributed by atoms with E-state index in [0.29, 0.717) is 22.9 Å². The lowest BCUT2D eigenvalue weighted by Gasteiger charge is -2.30. The lowest BCUT2D eigenvalue weighted by Crippen LogP contribution is -2.38. The third-order valence-electron chi connectivity index (χ3n) is 5.96. The first kappa shape index (κ1) is 22.3. The Morgan fingerprint density at radius 2 is 1.90 bits per heavy atom. The average Bonchev–Trinajstić information content (AvgIpc) is 3.25. The molecule has 1 aromatic heterocycles. The molecule has 30 heavy (non-hydrogen) atoms. The van der Waals surface area contributed by atoms with Gasteiger partial charge in [0.2, 0.25) is 0 Å². The second-order valence-electron chi connectivity index (χ2n) is 8.16. The van der Waals surface area contributed by atoms with Gasteiger partial charge in [0.1, 0.15) is 0 Å². The Hall–Kier alpha value is -2.38. The molecule has 0 aliphatic carbocycles. The number of aromatic nitrogens is 2. The van der Waals surface area contributed by atoms with Crippen LogP contribution >= 0.6 is 12.4 Å². The quantitative estimate of drug-likeness (QED) is 0.778. The third-order valence-corrected chi connectivity index (χ3v) is 5.96. The highest BCUT2D eigenvalue weighted by Gasteiger charge is 2.24. The molecule has 1 atom stereocenters. The van der Waals surface area contributed by atoms with Crippen molar-refractivity contribution in [3.63, 3.8) is 0 Å². The largest absolute Gasteiger partial charge is 0.339 e. The van der Waals surface area contributed by atoms with E-state index < -0.39 is 0 Å². The number of para-hydroxylation sites is 1. The van der Waals surface area contributed by atoms with Crippen molar-refractivity contribution in [2.24, 2.45) is 5.92 Å². The van der Waals surface area contributed by atoms with Gasteiger partial charge in [-0.25, -0.2) is 0 Å². The molecule has 3 heterocycles. The van der Waals surface area contributed by atoms with E-state index in [1.807, 2.05) is 27.9 Å². The van der Waals surface area contributed by atoms with Crippen LogP contribution in [0.5, 0.6) is 0 Å². The highest BCUT2D eigenvalue weighted by Crippen LogP contribution is 2.23. The summed E-state index contributed by atoms with van der Waals surface area (Å²) in [4.78, 5) is 27.7. The molecule has 2 N–H and O–H groups in total. The highest BCUT2D eigenvalue weighted by molar-refractivity contribution is 6.08. The summed E-state index contributed by atoms with van der Waals surface area (Å²) in [6, 6.07) is 9.24. The number of hydrogen-bond donors (Lipinski definition) is 2. The van der Waals surface area contributed by atoms with Gasteiger partial charge in [0.15, 0.2) is 5.69 Å². The molecule has 0 radical (unpaired) electrons. The minimum atomic E-state index is -0.292. The zero-order valence-corrected chi connectivity index (χ0v) is 18.2. The number of amides is 2. The van der Waals surface area contributed by atoms with E-state index in [4.69, 9.17) is 0 Å². The van der Waals surface area contributed by atoms with Crippen LogP contribution in [0.25, 0.3) is 0 Å². The van der Waals surface area contributed by atoms with E-state index >= 15 is 0 Å². The Bertz CT molecular complexity index is 870. The molecule has 2 amide bonds. The van der Waals surface area contributed by atoms with Crippen LogP contribution in [0.15, 0.2) is 36.5 Å². The topological polar surface area (TPSA) is 79.3 Å². The maximum absolute atomic E-state index is 13.0. The van der Waals surface area contributed by atoms with Gasteiger partial charge in [-0.3, -0.25) is 14.3 Å².